The summed E-state index contributed by atoms with van der Waals surface area (Å²) in [7, 11) is 1.61. The van der Waals surface area contributed by atoms with Gasteiger partial charge in [0.1, 0.15) is 6.54 Å². The molecule has 1 amide bonds. The minimum Gasteiger partial charge on any atom is -0.383 e. The molecule has 0 bridgehead atoms. The highest BCUT2D eigenvalue weighted by Gasteiger charge is 2.21. The zero-order chi connectivity index (χ0) is 18.8. The topological polar surface area (TPSA) is 69.2 Å². The first-order valence-corrected chi connectivity index (χ1v) is 9.32. The van der Waals surface area contributed by atoms with Crippen molar-refractivity contribution in [2.75, 3.05) is 64.4 Å². The minimum atomic E-state index is -0.104. The van der Waals surface area contributed by atoms with Crippen molar-refractivity contribution < 1.29 is 9.53 Å². The van der Waals surface area contributed by atoms with Gasteiger partial charge in [0.25, 0.3) is 0 Å². The summed E-state index contributed by atoms with van der Waals surface area (Å²) in [5.41, 5.74) is 1.06. The Morgan fingerprint density at radius 1 is 1.22 bits per heavy atom. The second kappa shape index (κ2) is 13.0. The molecule has 1 aliphatic heterocycles. The van der Waals surface area contributed by atoms with E-state index in [4.69, 9.17) is 16.3 Å². The fraction of sp³-hybridized carbons (Fsp3) is 0.556. The van der Waals surface area contributed by atoms with Crippen LogP contribution in [0, 0.1) is 0 Å². The van der Waals surface area contributed by atoms with Crippen LogP contribution in [0.15, 0.2) is 29.3 Å². The molecule has 0 unspecified atom stereocenters. The number of para-hydroxylation sites is 1. The molecule has 1 fully saturated rings. The Morgan fingerprint density at radius 3 is 2.56 bits per heavy atom. The summed E-state index contributed by atoms with van der Waals surface area (Å²) in [5.74, 6) is 0.667. The average Bonchev–Trinajstić information content (AvgIpc) is 2.66. The van der Waals surface area contributed by atoms with Gasteiger partial charge >= 0.3 is 0 Å². The predicted molar refractivity (Wildman–Crippen MR) is 122 cm³/mol. The standard InChI is InChI=1S/C18H28ClN5O2.HI/c1-3-20-18(22-14-17(25)21-8-13-26-2)24-11-9-23(10-12-24)16-7-5-4-6-15(16)19;/h4-7H,3,8-14H2,1-2H3,(H,20,22)(H,21,25);1H. The monoisotopic (exact) mass is 509 g/mol. The van der Waals surface area contributed by atoms with Gasteiger partial charge in [0.2, 0.25) is 5.91 Å². The van der Waals surface area contributed by atoms with E-state index >= 15 is 0 Å². The van der Waals surface area contributed by atoms with Crippen molar-refractivity contribution in [3.63, 3.8) is 0 Å². The number of anilines is 1. The first kappa shape index (κ1) is 23.8. The number of nitrogens with one attached hydrogen (secondary N) is 2. The van der Waals surface area contributed by atoms with Crippen LogP contribution in [-0.4, -0.2) is 76.3 Å². The van der Waals surface area contributed by atoms with Gasteiger partial charge in [-0.15, -0.1) is 24.0 Å². The van der Waals surface area contributed by atoms with Crippen LogP contribution in [0.25, 0.3) is 0 Å². The maximum Gasteiger partial charge on any atom is 0.241 e. The highest BCUT2D eigenvalue weighted by atomic mass is 127. The Bertz CT molecular complexity index is 609. The molecule has 1 aromatic carbocycles. The molecule has 1 heterocycles. The fourth-order valence-electron chi connectivity index (χ4n) is 2.79. The van der Waals surface area contributed by atoms with Crippen LogP contribution >= 0.6 is 35.6 Å². The summed E-state index contributed by atoms with van der Waals surface area (Å²) in [6.07, 6.45) is 0. The van der Waals surface area contributed by atoms with E-state index in [1.54, 1.807) is 7.11 Å². The molecule has 27 heavy (non-hydrogen) atoms. The lowest BCUT2D eigenvalue weighted by Crippen LogP contribution is -2.52. The zero-order valence-electron chi connectivity index (χ0n) is 15.9. The molecule has 2 rings (SSSR count). The van der Waals surface area contributed by atoms with Gasteiger partial charge in [-0.05, 0) is 19.1 Å². The summed E-state index contributed by atoms with van der Waals surface area (Å²) in [6.45, 7) is 7.24. The van der Waals surface area contributed by atoms with Crippen molar-refractivity contribution in [2.24, 2.45) is 4.99 Å². The van der Waals surface area contributed by atoms with Crippen LogP contribution in [0.4, 0.5) is 5.69 Å². The smallest absolute Gasteiger partial charge is 0.241 e. The number of rotatable bonds is 7. The third-order valence-electron chi connectivity index (χ3n) is 4.11. The van der Waals surface area contributed by atoms with Crippen molar-refractivity contribution in [1.29, 1.82) is 0 Å². The van der Waals surface area contributed by atoms with Crippen molar-refractivity contribution in [3.8, 4) is 0 Å². The Labute approximate surface area is 183 Å². The molecule has 1 aliphatic rings. The predicted octanol–water partition coefficient (Wildman–Crippen LogP) is 1.81. The third kappa shape index (κ3) is 7.71. The van der Waals surface area contributed by atoms with Crippen molar-refractivity contribution in [1.82, 2.24) is 15.5 Å². The number of carbonyl (C=O) groups is 1. The fourth-order valence-corrected chi connectivity index (χ4v) is 3.04. The van der Waals surface area contributed by atoms with Gasteiger partial charge < -0.3 is 25.2 Å². The van der Waals surface area contributed by atoms with Gasteiger partial charge in [0.05, 0.1) is 17.3 Å². The molecule has 1 aromatic rings. The van der Waals surface area contributed by atoms with Gasteiger partial charge in [-0.25, -0.2) is 4.99 Å². The Kier molecular flexibility index (Phi) is 11.5. The number of amides is 1. The summed E-state index contributed by atoms with van der Waals surface area (Å²) in [5, 5.41) is 6.82. The molecule has 7 nitrogen and oxygen atoms in total. The molecule has 9 heteroatoms. The van der Waals surface area contributed by atoms with E-state index < -0.39 is 0 Å². The zero-order valence-corrected chi connectivity index (χ0v) is 19.0. The van der Waals surface area contributed by atoms with Gasteiger partial charge in [-0.1, -0.05) is 23.7 Å². The molecule has 2 N–H and O–H groups in total. The molecule has 0 aromatic heterocycles. The minimum absolute atomic E-state index is 0. The van der Waals surface area contributed by atoms with Gasteiger partial charge in [-0.2, -0.15) is 0 Å². The number of nitrogens with zero attached hydrogens (tertiary/aromatic N) is 3. The van der Waals surface area contributed by atoms with E-state index in [0.29, 0.717) is 13.2 Å². The second-order valence-corrected chi connectivity index (χ2v) is 6.35. The Balaban J connectivity index is 0.00000364. The first-order valence-electron chi connectivity index (χ1n) is 8.94. The number of methoxy groups -OCH3 is 1. The van der Waals surface area contributed by atoms with Gasteiger partial charge in [0, 0.05) is 46.4 Å². The average molecular weight is 510 g/mol. The number of carbonyl (C=O) groups excluding carboxylic acids is 1. The van der Waals surface area contributed by atoms with E-state index in [1.165, 1.54) is 0 Å². The number of hydrogen-bond donors (Lipinski definition) is 2. The molecule has 0 aliphatic carbocycles. The number of piperazine rings is 1. The van der Waals surface area contributed by atoms with Crippen LogP contribution < -0.4 is 15.5 Å². The molecule has 0 spiro atoms. The number of benzene rings is 1. The van der Waals surface area contributed by atoms with Crippen LogP contribution in [0.1, 0.15) is 6.92 Å². The summed E-state index contributed by atoms with van der Waals surface area (Å²) in [4.78, 5) is 20.8. The van der Waals surface area contributed by atoms with Crippen LogP contribution in [0.2, 0.25) is 5.02 Å². The second-order valence-electron chi connectivity index (χ2n) is 5.94. The van der Waals surface area contributed by atoms with E-state index in [9.17, 15) is 4.79 Å². The molecule has 1 saturated heterocycles. The molecule has 0 saturated carbocycles. The number of aliphatic imine (C=N–C) groups is 1. The molecule has 0 radical (unpaired) electrons. The van der Waals surface area contributed by atoms with Crippen molar-refractivity contribution >= 4 is 53.1 Å². The quantitative estimate of drug-likeness (QED) is 0.254. The number of halogens is 2. The third-order valence-corrected chi connectivity index (χ3v) is 4.43. The van der Waals surface area contributed by atoms with Crippen LogP contribution in [0.3, 0.4) is 0 Å². The van der Waals surface area contributed by atoms with Crippen LogP contribution in [0.5, 0.6) is 0 Å². The molecule has 0 atom stereocenters. The van der Waals surface area contributed by atoms with Gasteiger partial charge in [-0.3, -0.25) is 4.79 Å². The SMILES string of the molecule is CCNC(=NCC(=O)NCCOC)N1CCN(c2ccccc2Cl)CC1.I. The molecular formula is C18H29ClIN5O2. The highest BCUT2D eigenvalue weighted by Crippen LogP contribution is 2.25. The lowest BCUT2D eigenvalue weighted by atomic mass is 10.2. The van der Waals surface area contributed by atoms with Crippen LogP contribution in [-0.2, 0) is 9.53 Å². The normalized spacial score (nSPS) is 14.6. The van der Waals surface area contributed by atoms with Crippen molar-refractivity contribution in [3.05, 3.63) is 29.3 Å². The lowest BCUT2D eigenvalue weighted by molar-refractivity contribution is -0.119. The van der Waals surface area contributed by atoms with E-state index in [-0.39, 0.29) is 36.4 Å². The Morgan fingerprint density at radius 2 is 1.93 bits per heavy atom. The summed E-state index contributed by atoms with van der Waals surface area (Å²) >= 11 is 6.30. The number of hydrogen-bond acceptors (Lipinski definition) is 4. The molecular weight excluding hydrogens is 481 g/mol. The highest BCUT2D eigenvalue weighted by molar-refractivity contribution is 14.0. The van der Waals surface area contributed by atoms with E-state index in [0.717, 1.165) is 49.4 Å². The maximum absolute atomic E-state index is 11.8. The van der Waals surface area contributed by atoms with Crippen molar-refractivity contribution in [2.45, 2.75) is 6.92 Å². The molecule has 152 valence electrons. The largest absolute Gasteiger partial charge is 0.383 e. The lowest BCUT2D eigenvalue weighted by Gasteiger charge is -2.38. The van der Waals surface area contributed by atoms with E-state index in [2.05, 4.69) is 25.4 Å². The van der Waals surface area contributed by atoms with Gasteiger partial charge in [0.15, 0.2) is 5.96 Å². The number of ether oxygens (including phenoxy) is 1. The maximum atomic E-state index is 11.8. The first-order chi connectivity index (χ1) is 12.7. The Hall–Kier alpha value is -1.26. The summed E-state index contributed by atoms with van der Waals surface area (Å²) in [6, 6.07) is 7.90. The number of guanidine groups is 1. The van der Waals surface area contributed by atoms with E-state index in [1.807, 2.05) is 31.2 Å². The summed E-state index contributed by atoms with van der Waals surface area (Å²) < 4.78 is 4.92.